The minimum absolute atomic E-state index is 0. The fourth-order valence-electron chi connectivity index (χ4n) is 1.82. The van der Waals surface area contributed by atoms with Crippen LogP contribution < -0.4 is 10.6 Å². The number of amides is 1. The van der Waals surface area contributed by atoms with E-state index in [4.69, 9.17) is 4.74 Å². The molecule has 0 spiro atoms. The second-order valence-electron chi connectivity index (χ2n) is 4.80. The summed E-state index contributed by atoms with van der Waals surface area (Å²) in [6.07, 6.45) is -0.0376. The fraction of sp³-hybridized carbons (Fsp3) is 0.467. The minimum atomic E-state index is -0.372. The van der Waals surface area contributed by atoms with Gasteiger partial charge in [-0.2, -0.15) is 0 Å². The molecular weight excluding hydrogens is 292 g/mol. The van der Waals surface area contributed by atoms with Crippen molar-refractivity contribution in [1.29, 1.82) is 0 Å². The van der Waals surface area contributed by atoms with Crippen LogP contribution in [0.5, 0.6) is 0 Å². The Kier molecular flexibility index (Phi) is 9.41. The van der Waals surface area contributed by atoms with Gasteiger partial charge in [-0.25, -0.2) is 0 Å². The predicted octanol–water partition coefficient (Wildman–Crippen LogP) is 1.83. The molecule has 1 rings (SSSR count). The number of ether oxygens (including phenoxy) is 1. The van der Waals surface area contributed by atoms with Crippen molar-refractivity contribution < 1.29 is 14.3 Å². The molecule has 1 atom stereocenters. The molecule has 6 heteroatoms. The van der Waals surface area contributed by atoms with Gasteiger partial charge in [0.15, 0.2) is 0 Å². The first-order valence-corrected chi connectivity index (χ1v) is 6.71. The number of esters is 1. The zero-order valence-electron chi connectivity index (χ0n) is 12.6. The van der Waals surface area contributed by atoms with Gasteiger partial charge in [-0.1, -0.05) is 30.3 Å². The summed E-state index contributed by atoms with van der Waals surface area (Å²) in [5.41, 5.74) is 0.887. The van der Waals surface area contributed by atoms with Crippen LogP contribution >= 0.6 is 12.4 Å². The van der Waals surface area contributed by atoms with E-state index >= 15 is 0 Å². The molecule has 0 aliphatic heterocycles. The van der Waals surface area contributed by atoms with Gasteiger partial charge in [0.25, 0.3) is 0 Å². The molecule has 0 aromatic heterocycles. The smallest absolute Gasteiger partial charge is 0.308 e. The molecule has 0 aliphatic rings. The van der Waals surface area contributed by atoms with E-state index in [9.17, 15) is 9.59 Å². The average Bonchev–Trinajstić information content (AvgIpc) is 2.38. The van der Waals surface area contributed by atoms with Crippen molar-refractivity contribution >= 4 is 24.3 Å². The standard InChI is InChI=1S/C15H22N2O3.ClH/c1-11(2)20-15(19)9-13(17-14(18)10-16-3)12-7-5-4-6-8-12;/h4-8,11,13,16H,9-10H2,1-3H3,(H,17,18);1H. The molecule has 1 aromatic rings. The number of benzene rings is 1. The van der Waals surface area contributed by atoms with Gasteiger partial charge in [0.1, 0.15) is 0 Å². The maximum Gasteiger partial charge on any atom is 0.308 e. The lowest BCUT2D eigenvalue weighted by atomic mass is 10.0. The normalized spacial score (nSPS) is 11.4. The first-order chi connectivity index (χ1) is 9.52. The van der Waals surface area contributed by atoms with Crippen molar-refractivity contribution in [2.24, 2.45) is 0 Å². The number of carbonyl (C=O) groups is 2. The summed E-state index contributed by atoms with van der Waals surface area (Å²) in [6.45, 7) is 3.81. The Morgan fingerprint density at radius 1 is 1.19 bits per heavy atom. The second-order valence-corrected chi connectivity index (χ2v) is 4.80. The number of carbonyl (C=O) groups excluding carboxylic acids is 2. The monoisotopic (exact) mass is 314 g/mol. The lowest BCUT2D eigenvalue weighted by Crippen LogP contribution is -2.36. The predicted molar refractivity (Wildman–Crippen MR) is 84.3 cm³/mol. The highest BCUT2D eigenvalue weighted by Crippen LogP contribution is 2.17. The second kappa shape index (κ2) is 10.2. The third-order valence-corrected chi connectivity index (χ3v) is 2.61. The topological polar surface area (TPSA) is 67.4 Å². The van der Waals surface area contributed by atoms with Gasteiger partial charge >= 0.3 is 5.97 Å². The van der Waals surface area contributed by atoms with E-state index in [1.165, 1.54) is 0 Å². The van der Waals surface area contributed by atoms with E-state index in [0.717, 1.165) is 5.56 Å². The number of hydrogen-bond donors (Lipinski definition) is 2. The number of nitrogens with one attached hydrogen (secondary N) is 2. The van der Waals surface area contributed by atoms with Crippen molar-refractivity contribution in [3.8, 4) is 0 Å². The first-order valence-electron chi connectivity index (χ1n) is 6.71. The fourth-order valence-corrected chi connectivity index (χ4v) is 1.82. The van der Waals surface area contributed by atoms with Crippen molar-refractivity contribution in [3.63, 3.8) is 0 Å². The number of halogens is 1. The number of rotatable bonds is 7. The quantitative estimate of drug-likeness (QED) is 0.753. The Morgan fingerprint density at radius 2 is 1.81 bits per heavy atom. The zero-order chi connectivity index (χ0) is 15.0. The molecule has 1 aromatic carbocycles. The van der Waals surface area contributed by atoms with Crippen LogP contribution in [0.1, 0.15) is 31.9 Å². The van der Waals surface area contributed by atoms with E-state index in [1.807, 2.05) is 30.3 Å². The highest BCUT2D eigenvalue weighted by Gasteiger charge is 2.19. The molecule has 0 saturated carbocycles. The van der Waals surface area contributed by atoms with Crippen LogP contribution in [0.25, 0.3) is 0 Å². The van der Waals surface area contributed by atoms with Crippen molar-refractivity contribution in [2.75, 3.05) is 13.6 Å². The molecule has 0 aliphatic carbocycles. The van der Waals surface area contributed by atoms with Gasteiger partial charge < -0.3 is 15.4 Å². The zero-order valence-corrected chi connectivity index (χ0v) is 13.4. The molecule has 0 heterocycles. The molecule has 0 saturated heterocycles. The van der Waals surface area contributed by atoms with Crippen molar-refractivity contribution in [2.45, 2.75) is 32.4 Å². The Hall–Kier alpha value is -1.59. The number of likely N-dealkylation sites (N-methyl/N-ethyl adjacent to an activating group) is 1. The Balaban J connectivity index is 0.00000400. The molecular formula is C15H23ClN2O3. The molecule has 2 N–H and O–H groups in total. The van der Waals surface area contributed by atoms with Gasteiger partial charge in [-0.3, -0.25) is 9.59 Å². The molecule has 1 unspecified atom stereocenters. The van der Waals surface area contributed by atoms with Crippen LogP contribution in [0.4, 0.5) is 0 Å². The van der Waals surface area contributed by atoms with Crippen molar-refractivity contribution in [1.82, 2.24) is 10.6 Å². The van der Waals surface area contributed by atoms with Crippen LogP contribution in [0.2, 0.25) is 0 Å². The molecule has 0 fully saturated rings. The average molecular weight is 315 g/mol. The highest BCUT2D eigenvalue weighted by atomic mass is 35.5. The van der Waals surface area contributed by atoms with Crippen LogP contribution in [0.3, 0.4) is 0 Å². The lowest BCUT2D eigenvalue weighted by molar-refractivity contribution is -0.148. The molecule has 5 nitrogen and oxygen atoms in total. The van der Waals surface area contributed by atoms with Crippen LogP contribution in [0, 0.1) is 0 Å². The summed E-state index contributed by atoms with van der Waals surface area (Å²) < 4.78 is 5.14. The summed E-state index contributed by atoms with van der Waals surface area (Å²) in [7, 11) is 1.70. The lowest BCUT2D eigenvalue weighted by Gasteiger charge is -2.19. The minimum Gasteiger partial charge on any atom is -0.463 e. The largest absolute Gasteiger partial charge is 0.463 e. The van der Waals surface area contributed by atoms with Crippen LogP contribution in [-0.4, -0.2) is 31.6 Å². The highest BCUT2D eigenvalue weighted by molar-refractivity contribution is 5.85. The summed E-state index contributed by atoms with van der Waals surface area (Å²) in [6, 6.07) is 9.03. The Morgan fingerprint density at radius 3 is 2.33 bits per heavy atom. The molecule has 1 amide bonds. The van der Waals surface area contributed by atoms with E-state index in [2.05, 4.69) is 10.6 Å². The van der Waals surface area contributed by atoms with Gasteiger partial charge in [0.2, 0.25) is 5.91 Å². The van der Waals surface area contributed by atoms with Gasteiger partial charge in [-0.05, 0) is 26.5 Å². The summed E-state index contributed by atoms with van der Waals surface area (Å²) in [5.74, 6) is -0.475. The Bertz CT molecular complexity index is 438. The van der Waals surface area contributed by atoms with Crippen LogP contribution in [-0.2, 0) is 14.3 Å². The van der Waals surface area contributed by atoms with Crippen molar-refractivity contribution in [3.05, 3.63) is 35.9 Å². The van der Waals surface area contributed by atoms with Gasteiger partial charge in [0, 0.05) is 0 Å². The van der Waals surface area contributed by atoms with E-state index in [0.29, 0.717) is 0 Å². The maximum absolute atomic E-state index is 11.8. The van der Waals surface area contributed by atoms with Gasteiger partial charge in [-0.15, -0.1) is 12.4 Å². The SMILES string of the molecule is CNCC(=O)NC(CC(=O)OC(C)C)c1ccccc1.Cl. The van der Waals surface area contributed by atoms with E-state index in [-0.39, 0.29) is 49.4 Å². The third-order valence-electron chi connectivity index (χ3n) is 2.61. The molecule has 21 heavy (non-hydrogen) atoms. The van der Waals surface area contributed by atoms with E-state index in [1.54, 1.807) is 20.9 Å². The molecule has 0 bridgehead atoms. The maximum atomic E-state index is 11.8. The molecule has 118 valence electrons. The number of hydrogen-bond acceptors (Lipinski definition) is 4. The summed E-state index contributed by atoms with van der Waals surface area (Å²) >= 11 is 0. The van der Waals surface area contributed by atoms with E-state index < -0.39 is 0 Å². The first kappa shape index (κ1) is 19.4. The summed E-state index contributed by atoms with van der Waals surface area (Å²) in [4.78, 5) is 23.5. The molecule has 0 radical (unpaired) electrons. The van der Waals surface area contributed by atoms with Crippen LogP contribution in [0.15, 0.2) is 30.3 Å². The van der Waals surface area contributed by atoms with Gasteiger partial charge in [0.05, 0.1) is 25.1 Å². The summed E-state index contributed by atoms with van der Waals surface area (Å²) in [5, 5.41) is 5.62. The third kappa shape index (κ3) is 7.68. The Labute approximate surface area is 131 Å².